The maximum Gasteiger partial charge on any atom is 0.137 e. The van der Waals surface area contributed by atoms with Crippen molar-refractivity contribution < 1.29 is 0 Å². The van der Waals surface area contributed by atoms with Crippen LogP contribution in [0.4, 0.5) is 5.82 Å². The number of hydrogen-bond donors (Lipinski definition) is 1. The van der Waals surface area contributed by atoms with E-state index < -0.39 is 0 Å². The standard InChI is InChI=1S/C26H22N6/c1-17-11-21(7-9-27-17)20-4-5-23-25(13-20)31-16-32-26(23)30-15-19-3-6-24(29-14-19)22-8-10-28-18(2)12-22/h3-14,16H,15H2,1-2H3,(H,30,31,32). The number of hydrogen-bond acceptors (Lipinski definition) is 6. The van der Waals surface area contributed by atoms with Gasteiger partial charge in [0.25, 0.3) is 0 Å². The van der Waals surface area contributed by atoms with Gasteiger partial charge in [-0.1, -0.05) is 12.1 Å². The maximum atomic E-state index is 4.61. The first-order chi connectivity index (χ1) is 15.7. The van der Waals surface area contributed by atoms with E-state index in [-0.39, 0.29) is 0 Å². The normalized spacial score (nSPS) is 10.9. The van der Waals surface area contributed by atoms with Crippen LogP contribution in [0.2, 0.25) is 0 Å². The molecule has 0 amide bonds. The summed E-state index contributed by atoms with van der Waals surface area (Å²) in [6.07, 6.45) is 7.13. The van der Waals surface area contributed by atoms with Gasteiger partial charge in [0.15, 0.2) is 0 Å². The molecule has 0 bridgehead atoms. The molecule has 0 spiro atoms. The number of benzene rings is 1. The minimum Gasteiger partial charge on any atom is -0.365 e. The van der Waals surface area contributed by atoms with Gasteiger partial charge in [-0.05, 0) is 73.0 Å². The average molecular weight is 419 g/mol. The molecular weight excluding hydrogens is 396 g/mol. The van der Waals surface area contributed by atoms with Gasteiger partial charge in [-0.15, -0.1) is 0 Å². The number of anilines is 1. The summed E-state index contributed by atoms with van der Waals surface area (Å²) in [5.41, 5.74) is 8.19. The van der Waals surface area contributed by atoms with Gasteiger partial charge in [-0.3, -0.25) is 15.0 Å². The first-order valence-electron chi connectivity index (χ1n) is 10.5. The second-order valence-electron chi connectivity index (χ2n) is 7.73. The fourth-order valence-electron chi connectivity index (χ4n) is 3.69. The molecule has 0 unspecified atom stereocenters. The molecule has 5 rings (SSSR count). The summed E-state index contributed by atoms with van der Waals surface area (Å²) in [6, 6.07) is 18.5. The Morgan fingerprint density at radius 3 is 2.19 bits per heavy atom. The zero-order valence-electron chi connectivity index (χ0n) is 17.9. The second kappa shape index (κ2) is 8.51. The largest absolute Gasteiger partial charge is 0.365 e. The van der Waals surface area contributed by atoms with Crippen molar-refractivity contribution >= 4 is 16.7 Å². The Kier molecular flexibility index (Phi) is 5.25. The first kappa shape index (κ1) is 19.8. The van der Waals surface area contributed by atoms with Crippen molar-refractivity contribution in [2.75, 3.05) is 5.32 Å². The molecule has 4 aromatic heterocycles. The molecule has 6 heteroatoms. The number of nitrogens with one attached hydrogen (secondary N) is 1. The molecular formula is C26H22N6. The molecule has 32 heavy (non-hydrogen) atoms. The Morgan fingerprint density at radius 1 is 0.688 bits per heavy atom. The van der Waals surface area contributed by atoms with E-state index in [1.165, 1.54) is 0 Å². The highest BCUT2D eigenvalue weighted by Gasteiger charge is 2.07. The third-order valence-corrected chi connectivity index (χ3v) is 5.34. The van der Waals surface area contributed by atoms with Crippen molar-refractivity contribution in [3.63, 3.8) is 0 Å². The number of nitrogens with zero attached hydrogens (tertiary/aromatic N) is 5. The molecule has 0 saturated heterocycles. The van der Waals surface area contributed by atoms with Crippen molar-refractivity contribution in [3.8, 4) is 22.4 Å². The van der Waals surface area contributed by atoms with Gasteiger partial charge >= 0.3 is 0 Å². The van der Waals surface area contributed by atoms with Crippen LogP contribution in [-0.2, 0) is 6.54 Å². The van der Waals surface area contributed by atoms with E-state index in [2.05, 4.69) is 60.6 Å². The minimum absolute atomic E-state index is 0.625. The highest BCUT2D eigenvalue weighted by molar-refractivity contribution is 5.91. The quantitative estimate of drug-likeness (QED) is 0.413. The van der Waals surface area contributed by atoms with E-state index >= 15 is 0 Å². The van der Waals surface area contributed by atoms with E-state index in [4.69, 9.17) is 0 Å². The van der Waals surface area contributed by atoms with Gasteiger partial charge in [0.1, 0.15) is 12.1 Å². The van der Waals surface area contributed by atoms with Gasteiger partial charge in [-0.2, -0.15) is 0 Å². The number of rotatable bonds is 5. The molecule has 1 N–H and O–H groups in total. The summed E-state index contributed by atoms with van der Waals surface area (Å²) in [5, 5.41) is 4.41. The molecule has 0 fully saturated rings. The smallest absolute Gasteiger partial charge is 0.137 e. The lowest BCUT2D eigenvalue weighted by Gasteiger charge is -2.10. The van der Waals surface area contributed by atoms with E-state index in [0.717, 1.165) is 56.1 Å². The molecule has 0 aliphatic carbocycles. The minimum atomic E-state index is 0.625. The Labute approximate surface area is 186 Å². The Morgan fingerprint density at radius 2 is 1.44 bits per heavy atom. The van der Waals surface area contributed by atoms with Crippen LogP contribution >= 0.6 is 0 Å². The SMILES string of the molecule is Cc1cc(-c2ccc3c(NCc4ccc(-c5ccnc(C)c5)nc4)ncnc3c2)ccn1. The van der Waals surface area contributed by atoms with Crippen LogP contribution in [0.3, 0.4) is 0 Å². The first-order valence-corrected chi connectivity index (χ1v) is 10.5. The number of pyridine rings is 3. The molecule has 0 radical (unpaired) electrons. The lowest BCUT2D eigenvalue weighted by Crippen LogP contribution is -2.03. The van der Waals surface area contributed by atoms with Gasteiger partial charge < -0.3 is 5.32 Å². The predicted octanol–water partition coefficient (Wildman–Crippen LogP) is 5.38. The molecule has 0 aliphatic heterocycles. The maximum absolute atomic E-state index is 4.61. The number of aromatic nitrogens is 5. The third kappa shape index (κ3) is 4.16. The van der Waals surface area contributed by atoms with Crippen LogP contribution in [0, 0.1) is 13.8 Å². The summed E-state index contributed by atoms with van der Waals surface area (Å²) in [7, 11) is 0. The second-order valence-corrected chi connectivity index (χ2v) is 7.73. The molecule has 6 nitrogen and oxygen atoms in total. The van der Waals surface area contributed by atoms with Crippen molar-refractivity contribution in [1.82, 2.24) is 24.9 Å². The van der Waals surface area contributed by atoms with E-state index in [1.54, 1.807) is 6.33 Å². The number of aryl methyl sites for hydroxylation is 2. The summed E-state index contributed by atoms with van der Waals surface area (Å²) in [6.45, 7) is 4.60. The Bertz CT molecular complexity index is 1400. The molecule has 0 atom stereocenters. The molecule has 0 saturated carbocycles. The monoisotopic (exact) mass is 418 g/mol. The Balaban J connectivity index is 1.35. The van der Waals surface area contributed by atoms with Crippen LogP contribution < -0.4 is 5.32 Å². The van der Waals surface area contributed by atoms with Crippen LogP contribution in [0.5, 0.6) is 0 Å². The van der Waals surface area contributed by atoms with Crippen molar-refractivity contribution in [2.45, 2.75) is 20.4 Å². The van der Waals surface area contributed by atoms with E-state index in [1.807, 2.05) is 56.7 Å². The van der Waals surface area contributed by atoms with Crippen LogP contribution in [-0.4, -0.2) is 24.9 Å². The van der Waals surface area contributed by atoms with Gasteiger partial charge in [0.05, 0.1) is 11.2 Å². The lowest BCUT2D eigenvalue weighted by molar-refractivity contribution is 1.08. The van der Waals surface area contributed by atoms with Gasteiger partial charge in [0, 0.05) is 47.5 Å². The Hall–Kier alpha value is -4.19. The van der Waals surface area contributed by atoms with E-state index in [9.17, 15) is 0 Å². The van der Waals surface area contributed by atoms with Crippen LogP contribution in [0.15, 0.2) is 79.5 Å². The molecule has 0 aliphatic rings. The summed E-state index contributed by atoms with van der Waals surface area (Å²) in [5.74, 6) is 0.807. The molecule has 156 valence electrons. The topological polar surface area (TPSA) is 76.5 Å². The highest BCUT2D eigenvalue weighted by atomic mass is 15.0. The molecule has 5 aromatic rings. The lowest BCUT2D eigenvalue weighted by atomic mass is 10.0. The van der Waals surface area contributed by atoms with E-state index in [0.29, 0.717) is 6.54 Å². The third-order valence-electron chi connectivity index (χ3n) is 5.34. The van der Waals surface area contributed by atoms with Crippen molar-refractivity contribution in [2.24, 2.45) is 0 Å². The van der Waals surface area contributed by atoms with Gasteiger partial charge in [0.2, 0.25) is 0 Å². The molecule has 4 heterocycles. The predicted molar refractivity (Wildman–Crippen MR) is 127 cm³/mol. The van der Waals surface area contributed by atoms with Crippen LogP contribution in [0.1, 0.15) is 17.0 Å². The summed E-state index contributed by atoms with van der Waals surface area (Å²) >= 11 is 0. The van der Waals surface area contributed by atoms with Crippen molar-refractivity contribution in [3.05, 3.63) is 96.5 Å². The summed E-state index contributed by atoms with van der Waals surface area (Å²) in [4.78, 5) is 22.1. The molecule has 1 aromatic carbocycles. The van der Waals surface area contributed by atoms with Crippen molar-refractivity contribution in [1.29, 1.82) is 0 Å². The van der Waals surface area contributed by atoms with Gasteiger partial charge in [-0.25, -0.2) is 9.97 Å². The zero-order chi connectivity index (χ0) is 21.9. The number of fused-ring (bicyclic) bond motifs is 1. The fraction of sp³-hybridized carbons (Fsp3) is 0.115. The zero-order valence-corrected chi connectivity index (χ0v) is 17.9. The highest BCUT2D eigenvalue weighted by Crippen LogP contribution is 2.27. The summed E-state index contributed by atoms with van der Waals surface area (Å²) < 4.78 is 0. The fourth-order valence-corrected chi connectivity index (χ4v) is 3.69. The van der Waals surface area contributed by atoms with Crippen LogP contribution in [0.25, 0.3) is 33.3 Å². The average Bonchev–Trinajstić information content (AvgIpc) is 2.82.